The Morgan fingerprint density at radius 2 is 1.57 bits per heavy atom. The minimum atomic E-state index is -4.74. The molecular weight excluding hydrogens is 402 g/mol. The molecule has 0 N–H and O–H groups in total. The zero-order valence-corrected chi connectivity index (χ0v) is 19.9. The van der Waals surface area contributed by atoms with E-state index in [2.05, 4.69) is 0 Å². The molecule has 28 heavy (non-hydrogen) atoms. The van der Waals surface area contributed by atoms with E-state index in [0.717, 1.165) is 0 Å². The molecule has 2 aromatic rings. The van der Waals surface area contributed by atoms with Crippen molar-refractivity contribution in [3.63, 3.8) is 0 Å². The number of hydrogen-bond acceptors (Lipinski definition) is 6. The Bertz CT molecular complexity index is 1300. The van der Waals surface area contributed by atoms with Gasteiger partial charge in [-0.15, -0.1) is 5.75 Å². The van der Waals surface area contributed by atoms with Gasteiger partial charge >= 0.3 is 59.1 Å². The van der Waals surface area contributed by atoms with Crippen LogP contribution in [0, 0.1) is 0 Å². The van der Waals surface area contributed by atoms with Crippen LogP contribution < -0.4 is 69.6 Å². The number of rotatable bonds is 2. The van der Waals surface area contributed by atoms with E-state index < -0.39 is 10.1 Å². The molecule has 0 radical (unpaired) electrons. The maximum Gasteiger partial charge on any atom is 1.00 e. The van der Waals surface area contributed by atoms with Crippen LogP contribution in [0.2, 0.25) is 0 Å². The van der Waals surface area contributed by atoms with E-state index >= 15 is 0 Å². The largest absolute Gasteiger partial charge is 1.00 e. The topological polar surface area (TPSA) is 110 Å². The van der Waals surface area contributed by atoms with E-state index in [1.165, 1.54) is 54.6 Å². The third-order valence-corrected chi connectivity index (χ3v) is 4.99. The fourth-order valence-corrected chi connectivity index (χ4v) is 3.72. The minimum Gasteiger partial charge on any atom is -0.872 e. The van der Waals surface area contributed by atoms with E-state index in [9.17, 15) is 22.9 Å². The van der Waals surface area contributed by atoms with Crippen molar-refractivity contribution >= 4 is 21.1 Å². The second-order valence-corrected chi connectivity index (χ2v) is 7.09. The predicted molar refractivity (Wildman–Crippen MR) is 92.0 cm³/mol. The maximum absolute atomic E-state index is 11.7. The molecular formula is C19H10Na2O6S. The Hall–Kier alpha value is -1.16. The van der Waals surface area contributed by atoms with Crippen molar-refractivity contribution < 1.29 is 81.6 Å². The summed E-state index contributed by atoms with van der Waals surface area (Å²) in [6, 6.07) is 14.0. The summed E-state index contributed by atoms with van der Waals surface area (Å²) in [5.74, 6) is -0.0988. The second kappa shape index (κ2) is 8.69. The Labute approximate surface area is 204 Å². The molecule has 1 heterocycles. The van der Waals surface area contributed by atoms with Crippen molar-refractivity contribution in [3.8, 4) is 28.2 Å². The molecule has 6 nitrogen and oxygen atoms in total. The number of hydrogen-bond donors (Lipinski definition) is 0. The van der Waals surface area contributed by atoms with Crippen LogP contribution >= 0.6 is 0 Å². The molecule has 4 rings (SSSR count). The Morgan fingerprint density at radius 3 is 2.29 bits per heavy atom. The first-order valence-electron chi connectivity index (χ1n) is 7.57. The minimum absolute atomic E-state index is 0. The third kappa shape index (κ3) is 4.22. The van der Waals surface area contributed by atoms with Gasteiger partial charge in [0, 0.05) is 28.1 Å². The maximum atomic E-state index is 11.7. The van der Waals surface area contributed by atoms with Crippen molar-refractivity contribution in [1.29, 1.82) is 0 Å². The van der Waals surface area contributed by atoms with Crippen LogP contribution in [0.3, 0.4) is 0 Å². The Balaban J connectivity index is 0.00000140. The summed E-state index contributed by atoms with van der Waals surface area (Å²) in [5.41, 5.74) is 0.965. The Kier molecular flexibility index (Phi) is 7.17. The normalized spacial score (nSPS) is 11.0. The van der Waals surface area contributed by atoms with Crippen molar-refractivity contribution in [1.82, 2.24) is 0 Å². The van der Waals surface area contributed by atoms with Crippen LogP contribution in [0.1, 0.15) is 0 Å². The standard InChI is InChI=1S/C19H12O6S.2Na/c20-11-5-7-13-16(9-11)25-17-10-12(21)6-8-14(17)19(13)15-3-1-2-4-18(15)26(22,23)24;;/h1-10,20H,(H,22,23,24);;/q;2*+1/p-2. The first-order valence-corrected chi connectivity index (χ1v) is 8.98. The van der Waals surface area contributed by atoms with Gasteiger partial charge in [-0.3, -0.25) is 4.79 Å². The molecule has 1 aliphatic carbocycles. The van der Waals surface area contributed by atoms with Gasteiger partial charge < -0.3 is 14.1 Å². The van der Waals surface area contributed by atoms with Gasteiger partial charge in [-0.1, -0.05) is 30.3 Å². The smallest absolute Gasteiger partial charge is 0.872 e. The molecule has 1 aliphatic heterocycles. The predicted octanol–water partition coefficient (Wildman–Crippen LogP) is -3.45. The molecule has 0 bridgehead atoms. The monoisotopic (exact) mass is 412 g/mol. The van der Waals surface area contributed by atoms with Gasteiger partial charge in [0.2, 0.25) is 0 Å². The molecule has 130 valence electrons. The summed E-state index contributed by atoms with van der Waals surface area (Å²) in [4.78, 5) is 11.3. The second-order valence-electron chi connectivity index (χ2n) is 5.74. The van der Waals surface area contributed by atoms with Crippen molar-refractivity contribution in [3.05, 3.63) is 70.9 Å². The molecule has 0 aromatic heterocycles. The number of fused-ring (bicyclic) bond motifs is 2. The summed E-state index contributed by atoms with van der Waals surface area (Å²) in [7, 11) is -4.74. The quantitative estimate of drug-likeness (QED) is 0.192. The summed E-state index contributed by atoms with van der Waals surface area (Å²) in [5, 5.41) is 12.2. The SMILES string of the molecule is O=c1ccc2c(-c3ccccc3S(=O)(=O)[O-])c3ccc([O-])cc3oc-2c1.[Na+].[Na+]. The molecule has 0 spiro atoms. The molecule has 2 aliphatic rings. The zero-order chi connectivity index (χ0) is 18.5. The molecule has 9 heteroatoms. The van der Waals surface area contributed by atoms with E-state index in [1.54, 1.807) is 6.07 Å². The van der Waals surface area contributed by atoms with Crippen LogP contribution in [-0.4, -0.2) is 13.0 Å². The van der Waals surface area contributed by atoms with Crippen LogP contribution in [-0.2, 0) is 10.1 Å². The van der Waals surface area contributed by atoms with Gasteiger partial charge in [0.1, 0.15) is 21.5 Å². The van der Waals surface area contributed by atoms with Gasteiger partial charge in [-0.05, 0) is 24.3 Å². The number of benzene rings is 3. The van der Waals surface area contributed by atoms with Crippen LogP contribution in [0.4, 0.5) is 0 Å². The average molecular weight is 412 g/mol. The first-order chi connectivity index (χ1) is 12.3. The molecule has 0 unspecified atom stereocenters. The average Bonchev–Trinajstić information content (AvgIpc) is 2.58. The fourth-order valence-electron chi connectivity index (χ4n) is 3.03. The van der Waals surface area contributed by atoms with E-state index in [1.807, 2.05) is 0 Å². The molecule has 0 saturated carbocycles. The summed E-state index contributed by atoms with van der Waals surface area (Å²) < 4.78 is 40.9. The summed E-state index contributed by atoms with van der Waals surface area (Å²) in [6.45, 7) is 0. The zero-order valence-electron chi connectivity index (χ0n) is 15.1. The van der Waals surface area contributed by atoms with Gasteiger partial charge in [-0.25, -0.2) is 8.42 Å². The summed E-state index contributed by atoms with van der Waals surface area (Å²) >= 11 is 0. The van der Waals surface area contributed by atoms with E-state index in [0.29, 0.717) is 16.5 Å². The van der Waals surface area contributed by atoms with Gasteiger partial charge in [0.05, 0.1) is 4.90 Å². The molecule has 2 aromatic carbocycles. The molecule has 0 saturated heterocycles. The van der Waals surface area contributed by atoms with Crippen molar-refractivity contribution in [2.75, 3.05) is 0 Å². The van der Waals surface area contributed by atoms with Gasteiger partial charge in [0.25, 0.3) is 0 Å². The first kappa shape index (κ1) is 23.1. The van der Waals surface area contributed by atoms with Crippen molar-refractivity contribution in [2.45, 2.75) is 4.90 Å². The Morgan fingerprint density at radius 1 is 0.857 bits per heavy atom. The molecule has 0 fully saturated rings. The van der Waals surface area contributed by atoms with Crippen LogP contribution in [0.15, 0.2) is 74.8 Å². The molecule has 0 atom stereocenters. The fraction of sp³-hybridized carbons (Fsp3) is 0. The van der Waals surface area contributed by atoms with Gasteiger partial charge in [0.15, 0.2) is 5.43 Å². The molecule has 0 amide bonds. The third-order valence-electron chi connectivity index (χ3n) is 4.09. The van der Waals surface area contributed by atoms with Crippen LogP contribution in [0.5, 0.6) is 5.75 Å². The van der Waals surface area contributed by atoms with Crippen molar-refractivity contribution in [2.24, 2.45) is 0 Å². The van der Waals surface area contributed by atoms with E-state index in [-0.39, 0.29) is 92.1 Å². The van der Waals surface area contributed by atoms with Gasteiger partial charge in [-0.2, -0.15) is 0 Å². The summed E-state index contributed by atoms with van der Waals surface area (Å²) in [6.07, 6.45) is 0. The van der Waals surface area contributed by atoms with Crippen LogP contribution in [0.25, 0.3) is 33.4 Å². The van der Waals surface area contributed by atoms with E-state index in [4.69, 9.17) is 4.42 Å².